The van der Waals surface area contributed by atoms with E-state index in [0.717, 1.165) is 11.3 Å². The average Bonchev–Trinajstić information content (AvgIpc) is 2.54. The minimum absolute atomic E-state index is 0.0315. The molecule has 1 saturated heterocycles. The molecule has 1 aromatic carbocycles. The molecule has 1 fully saturated rings. The summed E-state index contributed by atoms with van der Waals surface area (Å²) in [7, 11) is 0. The van der Waals surface area contributed by atoms with Crippen molar-refractivity contribution in [1.82, 2.24) is 10.2 Å². The number of rotatable bonds is 5. The largest absolute Gasteiger partial charge is 0.493 e. The Hall–Kier alpha value is -1.75. The number of morpholine rings is 1. The molecule has 0 bridgehead atoms. The molecule has 0 aliphatic carbocycles. The van der Waals surface area contributed by atoms with Crippen molar-refractivity contribution in [3.8, 4) is 5.75 Å². The first kappa shape index (κ1) is 16.6. The van der Waals surface area contributed by atoms with Gasteiger partial charge in [0.15, 0.2) is 0 Å². The molecule has 22 heavy (non-hydrogen) atoms. The number of benzene rings is 1. The van der Waals surface area contributed by atoms with E-state index in [9.17, 15) is 4.79 Å². The van der Waals surface area contributed by atoms with Crippen molar-refractivity contribution in [3.63, 3.8) is 0 Å². The number of nitrogens with one attached hydrogen (secondary N) is 1. The van der Waals surface area contributed by atoms with Gasteiger partial charge in [-0.05, 0) is 30.5 Å². The summed E-state index contributed by atoms with van der Waals surface area (Å²) in [6, 6.07) is 7.84. The van der Waals surface area contributed by atoms with Crippen LogP contribution in [0.1, 0.15) is 32.4 Å². The molecule has 0 radical (unpaired) electrons. The summed E-state index contributed by atoms with van der Waals surface area (Å²) < 4.78 is 10.9. The molecule has 1 aliphatic rings. The van der Waals surface area contributed by atoms with Crippen LogP contribution in [0.2, 0.25) is 0 Å². The molecule has 5 nitrogen and oxygen atoms in total. The molecule has 0 spiro atoms. The van der Waals surface area contributed by atoms with Gasteiger partial charge in [0.1, 0.15) is 5.75 Å². The fraction of sp³-hybridized carbons (Fsp3) is 0.588. The minimum Gasteiger partial charge on any atom is -0.493 e. The van der Waals surface area contributed by atoms with E-state index in [1.165, 1.54) is 0 Å². The van der Waals surface area contributed by atoms with E-state index in [-0.39, 0.29) is 12.1 Å². The zero-order valence-corrected chi connectivity index (χ0v) is 13.7. The van der Waals surface area contributed by atoms with Crippen LogP contribution in [-0.2, 0) is 4.74 Å². The Morgan fingerprint density at radius 1 is 1.23 bits per heavy atom. The summed E-state index contributed by atoms with van der Waals surface area (Å²) in [5, 5.41) is 3.03. The van der Waals surface area contributed by atoms with E-state index in [1.54, 1.807) is 4.90 Å². The zero-order valence-electron chi connectivity index (χ0n) is 13.7. The molecule has 0 saturated carbocycles. The zero-order chi connectivity index (χ0) is 15.9. The van der Waals surface area contributed by atoms with Crippen LogP contribution in [-0.4, -0.2) is 43.8 Å². The summed E-state index contributed by atoms with van der Waals surface area (Å²) in [6.07, 6.45) is 0. The van der Waals surface area contributed by atoms with Gasteiger partial charge >= 0.3 is 6.03 Å². The maximum absolute atomic E-state index is 12.2. The van der Waals surface area contributed by atoms with Crippen molar-refractivity contribution >= 4 is 6.03 Å². The molecule has 0 aromatic heterocycles. The van der Waals surface area contributed by atoms with Crippen LogP contribution in [0.4, 0.5) is 4.79 Å². The first-order chi connectivity index (χ1) is 10.6. The topological polar surface area (TPSA) is 50.8 Å². The molecule has 1 unspecified atom stereocenters. The van der Waals surface area contributed by atoms with Crippen molar-refractivity contribution in [3.05, 3.63) is 29.8 Å². The lowest BCUT2D eigenvalue weighted by Gasteiger charge is -2.28. The van der Waals surface area contributed by atoms with Gasteiger partial charge in [-0.1, -0.05) is 26.0 Å². The average molecular weight is 306 g/mol. The number of carbonyl (C=O) groups excluding carboxylic acids is 1. The summed E-state index contributed by atoms with van der Waals surface area (Å²) in [4.78, 5) is 14.0. The lowest BCUT2D eigenvalue weighted by atomic mass is 10.1. The van der Waals surface area contributed by atoms with Gasteiger partial charge < -0.3 is 19.7 Å². The van der Waals surface area contributed by atoms with Crippen molar-refractivity contribution in [2.24, 2.45) is 5.92 Å². The molecule has 1 aromatic rings. The Bertz CT molecular complexity index is 467. The molecule has 5 heteroatoms. The molecule has 1 heterocycles. The van der Waals surface area contributed by atoms with E-state index in [0.29, 0.717) is 38.8 Å². The summed E-state index contributed by atoms with van der Waals surface area (Å²) in [5.41, 5.74) is 1.07. The van der Waals surface area contributed by atoms with Gasteiger partial charge in [0, 0.05) is 13.1 Å². The van der Waals surface area contributed by atoms with Crippen LogP contribution >= 0.6 is 0 Å². The molecular weight excluding hydrogens is 280 g/mol. The summed E-state index contributed by atoms with van der Waals surface area (Å²) >= 11 is 0. The Balaban J connectivity index is 1.86. The Morgan fingerprint density at radius 3 is 2.45 bits per heavy atom. The second-order valence-corrected chi connectivity index (χ2v) is 6.04. The third-order valence-electron chi connectivity index (χ3n) is 3.60. The van der Waals surface area contributed by atoms with E-state index in [4.69, 9.17) is 9.47 Å². The van der Waals surface area contributed by atoms with Crippen molar-refractivity contribution in [1.29, 1.82) is 0 Å². The van der Waals surface area contributed by atoms with Crippen LogP contribution in [0.3, 0.4) is 0 Å². The molecule has 2 amide bonds. The number of ether oxygens (including phenoxy) is 2. The lowest BCUT2D eigenvalue weighted by Crippen LogP contribution is -2.46. The van der Waals surface area contributed by atoms with Gasteiger partial charge in [0.25, 0.3) is 0 Å². The fourth-order valence-corrected chi connectivity index (χ4v) is 2.24. The van der Waals surface area contributed by atoms with E-state index in [1.807, 2.05) is 31.2 Å². The lowest BCUT2D eigenvalue weighted by molar-refractivity contribution is 0.0526. The normalized spacial score (nSPS) is 16.5. The third-order valence-corrected chi connectivity index (χ3v) is 3.60. The predicted octanol–water partition coefficient (Wildman–Crippen LogP) is 2.82. The highest BCUT2D eigenvalue weighted by molar-refractivity contribution is 5.74. The first-order valence-electron chi connectivity index (χ1n) is 7.92. The van der Waals surface area contributed by atoms with Crippen molar-refractivity contribution in [2.45, 2.75) is 26.8 Å². The molecule has 122 valence electrons. The highest BCUT2D eigenvalue weighted by Gasteiger charge is 2.18. The van der Waals surface area contributed by atoms with Crippen LogP contribution in [0.15, 0.2) is 24.3 Å². The van der Waals surface area contributed by atoms with Gasteiger partial charge in [-0.3, -0.25) is 0 Å². The van der Waals surface area contributed by atoms with E-state index in [2.05, 4.69) is 19.2 Å². The van der Waals surface area contributed by atoms with Gasteiger partial charge in [-0.2, -0.15) is 0 Å². The highest BCUT2D eigenvalue weighted by atomic mass is 16.5. The molecule has 2 rings (SSSR count). The molecular formula is C17H26N2O3. The Labute approximate surface area is 132 Å². The Kier molecular flexibility index (Phi) is 6.07. The quantitative estimate of drug-likeness (QED) is 0.910. The van der Waals surface area contributed by atoms with Crippen molar-refractivity contribution in [2.75, 3.05) is 32.9 Å². The van der Waals surface area contributed by atoms with Gasteiger partial charge in [-0.15, -0.1) is 0 Å². The Morgan fingerprint density at radius 2 is 1.86 bits per heavy atom. The highest BCUT2D eigenvalue weighted by Crippen LogP contribution is 2.18. The van der Waals surface area contributed by atoms with E-state index < -0.39 is 0 Å². The number of urea groups is 1. The van der Waals surface area contributed by atoms with Crippen LogP contribution in [0, 0.1) is 5.92 Å². The van der Waals surface area contributed by atoms with Crippen LogP contribution in [0.25, 0.3) is 0 Å². The standard InChI is InChI=1S/C17H26N2O3/c1-13(2)12-22-16-6-4-15(5-7-16)14(3)18-17(20)19-8-10-21-11-9-19/h4-7,13-14H,8-12H2,1-3H3,(H,18,20). The third kappa shape index (κ3) is 4.91. The van der Waals surface area contributed by atoms with Crippen LogP contribution < -0.4 is 10.1 Å². The molecule has 1 atom stereocenters. The fourth-order valence-electron chi connectivity index (χ4n) is 2.24. The monoisotopic (exact) mass is 306 g/mol. The van der Waals surface area contributed by atoms with Gasteiger partial charge in [-0.25, -0.2) is 4.79 Å². The van der Waals surface area contributed by atoms with Crippen molar-refractivity contribution < 1.29 is 14.3 Å². The predicted molar refractivity (Wildman–Crippen MR) is 86.1 cm³/mol. The SMILES string of the molecule is CC(C)COc1ccc(C(C)NC(=O)N2CCOCC2)cc1. The number of hydrogen-bond acceptors (Lipinski definition) is 3. The number of amides is 2. The maximum atomic E-state index is 12.2. The maximum Gasteiger partial charge on any atom is 0.318 e. The summed E-state index contributed by atoms with van der Waals surface area (Å²) in [5.74, 6) is 1.37. The van der Waals surface area contributed by atoms with Crippen LogP contribution in [0.5, 0.6) is 5.75 Å². The minimum atomic E-state index is -0.0329. The smallest absolute Gasteiger partial charge is 0.318 e. The number of hydrogen-bond donors (Lipinski definition) is 1. The number of nitrogens with zero attached hydrogens (tertiary/aromatic N) is 1. The number of carbonyl (C=O) groups is 1. The summed E-state index contributed by atoms with van der Waals surface area (Å²) in [6.45, 7) is 9.48. The second kappa shape index (κ2) is 8.03. The van der Waals surface area contributed by atoms with Gasteiger partial charge in [0.2, 0.25) is 0 Å². The first-order valence-corrected chi connectivity index (χ1v) is 7.92. The molecule has 1 N–H and O–H groups in total. The van der Waals surface area contributed by atoms with Gasteiger partial charge in [0.05, 0.1) is 25.9 Å². The molecule has 1 aliphatic heterocycles. The second-order valence-electron chi connectivity index (χ2n) is 6.04. The van der Waals surface area contributed by atoms with E-state index >= 15 is 0 Å².